The van der Waals surface area contributed by atoms with E-state index in [2.05, 4.69) is 0 Å². The van der Waals surface area contributed by atoms with Gasteiger partial charge in [-0.3, -0.25) is 4.79 Å². The molecule has 0 unspecified atom stereocenters. The standard InChI is InChI=1S/C18H12F2O/c19-16-7-3-6-15(18(16)20)11-17(21)14-9-8-12-4-1-2-5-13(12)10-14/h1-10H,11H2. The molecular formula is C18H12F2O. The van der Waals surface area contributed by atoms with Crippen molar-refractivity contribution in [2.75, 3.05) is 0 Å². The molecule has 0 saturated carbocycles. The molecule has 104 valence electrons. The van der Waals surface area contributed by atoms with Crippen molar-refractivity contribution in [1.29, 1.82) is 0 Å². The molecule has 0 radical (unpaired) electrons. The first-order chi connectivity index (χ1) is 10.1. The van der Waals surface area contributed by atoms with E-state index in [0.717, 1.165) is 16.8 Å². The van der Waals surface area contributed by atoms with E-state index >= 15 is 0 Å². The number of ketones is 1. The van der Waals surface area contributed by atoms with Crippen LogP contribution in [-0.2, 0) is 6.42 Å². The molecule has 1 nitrogen and oxygen atoms in total. The Morgan fingerprint density at radius 3 is 2.43 bits per heavy atom. The van der Waals surface area contributed by atoms with E-state index < -0.39 is 11.6 Å². The minimum absolute atomic E-state index is 0.0770. The molecule has 3 aromatic carbocycles. The third-order valence-electron chi connectivity index (χ3n) is 3.45. The van der Waals surface area contributed by atoms with E-state index in [1.165, 1.54) is 12.1 Å². The molecule has 0 saturated heterocycles. The number of carbonyl (C=O) groups is 1. The van der Waals surface area contributed by atoms with E-state index in [1.54, 1.807) is 12.1 Å². The molecule has 0 bridgehead atoms. The Bertz CT molecular complexity index is 824. The highest BCUT2D eigenvalue weighted by Crippen LogP contribution is 2.18. The fourth-order valence-electron chi connectivity index (χ4n) is 2.32. The first-order valence-corrected chi connectivity index (χ1v) is 6.60. The number of Topliss-reactive ketones (excluding diaryl/α,β-unsaturated/α-hetero) is 1. The molecule has 0 spiro atoms. The van der Waals surface area contributed by atoms with Gasteiger partial charge in [0.25, 0.3) is 0 Å². The van der Waals surface area contributed by atoms with Gasteiger partial charge < -0.3 is 0 Å². The predicted octanol–water partition coefficient (Wildman–Crippen LogP) is 4.54. The van der Waals surface area contributed by atoms with Crippen LogP contribution in [0.5, 0.6) is 0 Å². The quantitative estimate of drug-likeness (QED) is 0.644. The molecule has 0 aliphatic carbocycles. The maximum Gasteiger partial charge on any atom is 0.167 e. The number of benzene rings is 3. The highest BCUT2D eigenvalue weighted by Gasteiger charge is 2.13. The summed E-state index contributed by atoms with van der Waals surface area (Å²) in [4.78, 5) is 12.2. The van der Waals surface area contributed by atoms with Crippen LogP contribution in [0.15, 0.2) is 60.7 Å². The lowest BCUT2D eigenvalue weighted by Crippen LogP contribution is -2.06. The van der Waals surface area contributed by atoms with Crippen LogP contribution in [0.3, 0.4) is 0 Å². The van der Waals surface area contributed by atoms with Crippen LogP contribution in [0.2, 0.25) is 0 Å². The Balaban J connectivity index is 1.91. The molecule has 0 aliphatic rings. The Morgan fingerprint density at radius 1 is 0.857 bits per heavy atom. The van der Waals surface area contributed by atoms with Crippen molar-refractivity contribution in [2.45, 2.75) is 6.42 Å². The van der Waals surface area contributed by atoms with Gasteiger partial charge in [-0.15, -0.1) is 0 Å². The predicted molar refractivity (Wildman–Crippen MR) is 78.3 cm³/mol. The number of fused-ring (bicyclic) bond motifs is 1. The van der Waals surface area contributed by atoms with Gasteiger partial charge in [0, 0.05) is 12.0 Å². The Hall–Kier alpha value is -2.55. The highest BCUT2D eigenvalue weighted by molar-refractivity contribution is 6.01. The second-order valence-electron chi connectivity index (χ2n) is 4.87. The number of hydrogen-bond donors (Lipinski definition) is 0. The summed E-state index contributed by atoms with van der Waals surface area (Å²) in [5, 5.41) is 1.98. The molecule has 0 aliphatic heterocycles. The van der Waals surface area contributed by atoms with Gasteiger partial charge in [0.1, 0.15) is 0 Å². The van der Waals surface area contributed by atoms with Gasteiger partial charge in [-0.2, -0.15) is 0 Å². The molecule has 0 atom stereocenters. The lowest BCUT2D eigenvalue weighted by Gasteiger charge is -2.05. The van der Waals surface area contributed by atoms with Crippen molar-refractivity contribution in [3.8, 4) is 0 Å². The van der Waals surface area contributed by atoms with Crippen LogP contribution in [-0.4, -0.2) is 5.78 Å². The molecule has 3 heteroatoms. The minimum Gasteiger partial charge on any atom is -0.294 e. The van der Waals surface area contributed by atoms with Gasteiger partial charge in [-0.25, -0.2) is 8.78 Å². The Morgan fingerprint density at radius 2 is 1.62 bits per heavy atom. The molecule has 0 fully saturated rings. The average molecular weight is 282 g/mol. The summed E-state index contributed by atoms with van der Waals surface area (Å²) in [5.41, 5.74) is 0.575. The molecule has 3 rings (SSSR count). The number of hydrogen-bond acceptors (Lipinski definition) is 1. The summed E-state index contributed by atoms with van der Waals surface area (Å²) in [7, 11) is 0. The first kappa shape index (κ1) is 13.4. The number of carbonyl (C=O) groups excluding carboxylic acids is 1. The largest absolute Gasteiger partial charge is 0.294 e. The lowest BCUT2D eigenvalue weighted by molar-refractivity contribution is 0.0992. The van der Waals surface area contributed by atoms with Crippen LogP contribution in [0, 0.1) is 11.6 Å². The third kappa shape index (κ3) is 2.68. The lowest BCUT2D eigenvalue weighted by atomic mass is 10.00. The second kappa shape index (κ2) is 5.44. The van der Waals surface area contributed by atoms with Crippen molar-refractivity contribution in [3.05, 3.63) is 83.4 Å². The fraction of sp³-hybridized carbons (Fsp3) is 0.0556. The van der Waals surface area contributed by atoms with Crippen molar-refractivity contribution >= 4 is 16.6 Å². The average Bonchev–Trinajstić information content (AvgIpc) is 2.51. The van der Waals surface area contributed by atoms with Crippen LogP contribution >= 0.6 is 0 Å². The zero-order valence-electron chi connectivity index (χ0n) is 11.1. The van der Waals surface area contributed by atoms with Crippen molar-refractivity contribution < 1.29 is 13.6 Å². The van der Waals surface area contributed by atoms with E-state index in [0.29, 0.717) is 5.56 Å². The third-order valence-corrected chi connectivity index (χ3v) is 3.45. The van der Waals surface area contributed by atoms with Crippen LogP contribution < -0.4 is 0 Å². The minimum atomic E-state index is -0.952. The van der Waals surface area contributed by atoms with Crippen LogP contribution in [0.25, 0.3) is 10.8 Å². The van der Waals surface area contributed by atoms with Crippen LogP contribution in [0.4, 0.5) is 8.78 Å². The maximum atomic E-state index is 13.6. The molecule has 21 heavy (non-hydrogen) atoms. The van der Waals surface area contributed by atoms with Crippen LogP contribution in [0.1, 0.15) is 15.9 Å². The summed E-state index contributed by atoms with van der Waals surface area (Å²) in [6.07, 6.45) is -0.151. The summed E-state index contributed by atoms with van der Waals surface area (Å²) in [6, 6.07) is 16.9. The second-order valence-corrected chi connectivity index (χ2v) is 4.87. The molecule has 0 heterocycles. The molecule has 3 aromatic rings. The monoisotopic (exact) mass is 282 g/mol. The van der Waals surface area contributed by atoms with E-state index in [4.69, 9.17) is 0 Å². The molecule has 0 aromatic heterocycles. The van der Waals surface area contributed by atoms with E-state index in [1.807, 2.05) is 30.3 Å². The zero-order chi connectivity index (χ0) is 14.8. The Labute approximate surface area is 120 Å². The van der Waals surface area contributed by atoms with Crippen molar-refractivity contribution in [3.63, 3.8) is 0 Å². The number of halogens is 2. The summed E-state index contributed by atoms with van der Waals surface area (Å²) < 4.78 is 26.8. The van der Waals surface area contributed by atoms with Gasteiger partial charge in [0.2, 0.25) is 0 Å². The van der Waals surface area contributed by atoms with Gasteiger partial charge in [0.05, 0.1) is 0 Å². The topological polar surface area (TPSA) is 17.1 Å². The first-order valence-electron chi connectivity index (χ1n) is 6.60. The normalized spacial score (nSPS) is 10.8. The molecule has 0 N–H and O–H groups in total. The SMILES string of the molecule is O=C(Cc1cccc(F)c1F)c1ccc2ccccc2c1. The van der Waals surface area contributed by atoms with E-state index in [-0.39, 0.29) is 17.8 Å². The smallest absolute Gasteiger partial charge is 0.167 e. The van der Waals surface area contributed by atoms with Gasteiger partial charge in [-0.1, -0.05) is 48.5 Å². The molecular weight excluding hydrogens is 270 g/mol. The Kier molecular flexibility index (Phi) is 3.48. The summed E-state index contributed by atoms with van der Waals surface area (Å²) in [6.45, 7) is 0. The van der Waals surface area contributed by atoms with Crippen molar-refractivity contribution in [1.82, 2.24) is 0 Å². The zero-order valence-corrected chi connectivity index (χ0v) is 11.1. The fourth-order valence-corrected chi connectivity index (χ4v) is 2.32. The van der Waals surface area contributed by atoms with Gasteiger partial charge >= 0.3 is 0 Å². The summed E-state index contributed by atoms with van der Waals surface area (Å²) >= 11 is 0. The van der Waals surface area contributed by atoms with Crippen molar-refractivity contribution in [2.24, 2.45) is 0 Å². The number of rotatable bonds is 3. The maximum absolute atomic E-state index is 13.6. The summed E-state index contributed by atoms with van der Waals surface area (Å²) in [5.74, 6) is -2.12. The van der Waals surface area contributed by atoms with Gasteiger partial charge in [-0.05, 0) is 28.5 Å². The molecule has 0 amide bonds. The van der Waals surface area contributed by atoms with E-state index in [9.17, 15) is 13.6 Å². The highest BCUT2D eigenvalue weighted by atomic mass is 19.2. The van der Waals surface area contributed by atoms with Gasteiger partial charge in [0.15, 0.2) is 17.4 Å².